The molecule has 0 spiro atoms. The fourth-order valence-corrected chi connectivity index (χ4v) is 3.64. The highest BCUT2D eigenvalue weighted by molar-refractivity contribution is 5.96. The fourth-order valence-electron chi connectivity index (χ4n) is 3.64. The maximum atomic E-state index is 13.1. The van der Waals surface area contributed by atoms with Gasteiger partial charge in [-0.1, -0.05) is 17.7 Å². The van der Waals surface area contributed by atoms with Crippen molar-refractivity contribution in [2.45, 2.75) is 32.7 Å². The lowest BCUT2D eigenvalue weighted by molar-refractivity contribution is 0.0733. The molecule has 4 nitrogen and oxygen atoms in total. The minimum absolute atomic E-state index is 0.0362. The Morgan fingerprint density at radius 2 is 1.88 bits per heavy atom. The van der Waals surface area contributed by atoms with E-state index in [9.17, 15) is 4.79 Å². The number of carbonyl (C=O) groups is 1. The van der Waals surface area contributed by atoms with E-state index in [1.54, 1.807) is 14.2 Å². The molecule has 0 aliphatic carbocycles. The molecule has 0 N–H and O–H groups in total. The van der Waals surface area contributed by atoms with Gasteiger partial charge in [0.25, 0.3) is 5.91 Å². The van der Waals surface area contributed by atoms with Crippen LogP contribution < -0.4 is 9.47 Å². The molecule has 4 heteroatoms. The predicted molar refractivity (Wildman–Crippen MR) is 98.5 cm³/mol. The second-order valence-electron chi connectivity index (χ2n) is 6.58. The summed E-state index contributed by atoms with van der Waals surface area (Å²) in [5.41, 5.74) is 4.02. The molecule has 1 aliphatic heterocycles. The molecule has 0 radical (unpaired) electrons. The van der Waals surface area contributed by atoms with Crippen LogP contribution in [0.1, 0.15) is 45.9 Å². The molecule has 1 fully saturated rings. The number of carbonyl (C=O) groups excluding carboxylic acids is 1. The minimum Gasteiger partial charge on any atom is -0.497 e. The molecule has 25 heavy (non-hydrogen) atoms. The quantitative estimate of drug-likeness (QED) is 0.834. The Hall–Kier alpha value is -2.49. The molecular formula is C21H25NO3. The molecule has 0 aromatic heterocycles. The summed E-state index contributed by atoms with van der Waals surface area (Å²) in [6.07, 6.45) is 1.94. The normalized spacial score (nSPS) is 16.8. The van der Waals surface area contributed by atoms with Crippen molar-refractivity contribution in [3.63, 3.8) is 0 Å². The highest BCUT2D eigenvalue weighted by Gasteiger charge is 2.33. The van der Waals surface area contributed by atoms with Gasteiger partial charge in [0.1, 0.15) is 11.5 Å². The number of hydrogen-bond acceptors (Lipinski definition) is 3. The van der Waals surface area contributed by atoms with Crippen LogP contribution in [-0.4, -0.2) is 31.6 Å². The summed E-state index contributed by atoms with van der Waals surface area (Å²) < 4.78 is 10.8. The number of hydrogen-bond donors (Lipinski definition) is 0. The molecule has 1 amide bonds. The predicted octanol–water partition coefficient (Wildman–Crippen LogP) is 4.30. The van der Waals surface area contributed by atoms with E-state index in [1.165, 1.54) is 5.56 Å². The number of nitrogens with zero attached hydrogens (tertiary/aromatic N) is 1. The van der Waals surface area contributed by atoms with Crippen LogP contribution >= 0.6 is 0 Å². The third-order valence-corrected chi connectivity index (χ3v) is 4.93. The van der Waals surface area contributed by atoms with Gasteiger partial charge in [-0.3, -0.25) is 4.79 Å². The van der Waals surface area contributed by atoms with Gasteiger partial charge in [0.15, 0.2) is 0 Å². The lowest BCUT2D eigenvalue weighted by Gasteiger charge is -2.27. The Bertz CT molecular complexity index is 785. The maximum Gasteiger partial charge on any atom is 0.254 e. The first kappa shape index (κ1) is 17.3. The van der Waals surface area contributed by atoms with Crippen molar-refractivity contribution >= 4 is 5.91 Å². The van der Waals surface area contributed by atoms with Crippen molar-refractivity contribution in [1.29, 1.82) is 0 Å². The second kappa shape index (κ2) is 7.18. The monoisotopic (exact) mass is 339 g/mol. The lowest BCUT2D eigenvalue weighted by atomic mass is 10.0. The minimum atomic E-state index is 0.0362. The fraction of sp³-hybridized carbons (Fsp3) is 0.381. The van der Waals surface area contributed by atoms with Gasteiger partial charge in [0.2, 0.25) is 0 Å². The van der Waals surface area contributed by atoms with Crippen molar-refractivity contribution in [1.82, 2.24) is 4.90 Å². The Balaban J connectivity index is 1.94. The van der Waals surface area contributed by atoms with Crippen molar-refractivity contribution < 1.29 is 14.3 Å². The van der Waals surface area contributed by atoms with Crippen LogP contribution in [0, 0.1) is 13.8 Å². The molecule has 0 saturated carbocycles. The molecule has 2 aromatic rings. The molecule has 1 saturated heterocycles. The average Bonchev–Trinajstić information content (AvgIpc) is 3.10. The van der Waals surface area contributed by atoms with E-state index < -0.39 is 0 Å². The van der Waals surface area contributed by atoms with Crippen LogP contribution in [0.3, 0.4) is 0 Å². The summed E-state index contributed by atoms with van der Waals surface area (Å²) in [5.74, 6) is 1.62. The van der Waals surface area contributed by atoms with Gasteiger partial charge in [0.05, 0.1) is 20.3 Å². The van der Waals surface area contributed by atoms with Crippen LogP contribution in [0.5, 0.6) is 11.5 Å². The van der Waals surface area contributed by atoms with E-state index in [0.717, 1.165) is 47.6 Å². The van der Waals surface area contributed by atoms with Crippen LogP contribution in [0.25, 0.3) is 0 Å². The zero-order chi connectivity index (χ0) is 18.0. The first-order valence-corrected chi connectivity index (χ1v) is 8.65. The second-order valence-corrected chi connectivity index (χ2v) is 6.58. The molecule has 1 aliphatic rings. The number of benzene rings is 2. The first-order chi connectivity index (χ1) is 12.0. The third kappa shape index (κ3) is 3.34. The van der Waals surface area contributed by atoms with E-state index in [2.05, 4.69) is 6.07 Å². The largest absolute Gasteiger partial charge is 0.497 e. The number of ether oxygens (including phenoxy) is 2. The Labute approximate surface area is 149 Å². The Morgan fingerprint density at radius 1 is 1.08 bits per heavy atom. The van der Waals surface area contributed by atoms with Crippen molar-refractivity contribution in [3.05, 3.63) is 58.7 Å². The number of aryl methyl sites for hydroxylation is 2. The first-order valence-electron chi connectivity index (χ1n) is 8.65. The molecule has 2 aromatic carbocycles. The number of methoxy groups -OCH3 is 2. The van der Waals surface area contributed by atoms with Gasteiger partial charge >= 0.3 is 0 Å². The topological polar surface area (TPSA) is 38.8 Å². The van der Waals surface area contributed by atoms with Gasteiger partial charge < -0.3 is 14.4 Å². The lowest BCUT2D eigenvalue weighted by Crippen LogP contribution is -2.31. The molecule has 1 heterocycles. The van der Waals surface area contributed by atoms with E-state index in [-0.39, 0.29) is 11.9 Å². The van der Waals surface area contributed by atoms with Crippen molar-refractivity contribution in [2.24, 2.45) is 0 Å². The summed E-state index contributed by atoms with van der Waals surface area (Å²) in [6, 6.07) is 11.9. The summed E-state index contributed by atoms with van der Waals surface area (Å²) in [4.78, 5) is 15.1. The Kier molecular flexibility index (Phi) is 4.98. The highest BCUT2D eigenvalue weighted by Crippen LogP contribution is 2.39. The van der Waals surface area contributed by atoms with E-state index >= 15 is 0 Å². The highest BCUT2D eigenvalue weighted by atomic mass is 16.5. The van der Waals surface area contributed by atoms with Gasteiger partial charge in [0, 0.05) is 23.7 Å². The molecular weight excluding hydrogens is 314 g/mol. The van der Waals surface area contributed by atoms with Crippen molar-refractivity contribution in [3.8, 4) is 11.5 Å². The zero-order valence-electron chi connectivity index (χ0n) is 15.3. The van der Waals surface area contributed by atoms with Gasteiger partial charge in [-0.2, -0.15) is 0 Å². The third-order valence-electron chi connectivity index (χ3n) is 4.93. The number of likely N-dealkylation sites (tertiary alicyclic amines) is 1. The summed E-state index contributed by atoms with van der Waals surface area (Å²) >= 11 is 0. The van der Waals surface area contributed by atoms with Crippen LogP contribution in [0.2, 0.25) is 0 Å². The molecule has 3 rings (SSSR count). The SMILES string of the molecule is COc1ccc(C2CCCN2C(=O)c2ccc(C)cc2C)c(OC)c1. The molecule has 1 unspecified atom stereocenters. The molecule has 0 bridgehead atoms. The summed E-state index contributed by atoms with van der Waals surface area (Å²) in [7, 11) is 3.30. The molecule has 1 atom stereocenters. The van der Waals surface area contributed by atoms with Gasteiger partial charge in [-0.15, -0.1) is 0 Å². The number of rotatable bonds is 4. The zero-order valence-corrected chi connectivity index (χ0v) is 15.3. The van der Waals surface area contributed by atoms with Gasteiger partial charge in [-0.25, -0.2) is 0 Å². The van der Waals surface area contributed by atoms with Gasteiger partial charge in [-0.05, 0) is 50.5 Å². The Morgan fingerprint density at radius 3 is 2.56 bits per heavy atom. The number of amides is 1. The van der Waals surface area contributed by atoms with E-state index in [1.807, 2.05) is 49.1 Å². The standard InChI is InChI=1S/C21H25NO3/c1-14-7-9-17(15(2)12-14)21(23)22-11-5-6-19(22)18-10-8-16(24-3)13-20(18)25-4/h7-10,12-13,19H,5-6,11H2,1-4H3. The molecule has 132 valence electrons. The van der Waals surface area contributed by atoms with Crippen LogP contribution in [-0.2, 0) is 0 Å². The average molecular weight is 339 g/mol. The van der Waals surface area contributed by atoms with Crippen LogP contribution in [0.15, 0.2) is 36.4 Å². The van der Waals surface area contributed by atoms with Crippen LogP contribution in [0.4, 0.5) is 0 Å². The van der Waals surface area contributed by atoms with E-state index in [4.69, 9.17) is 9.47 Å². The summed E-state index contributed by atoms with van der Waals surface area (Å²) in [6.45, 7) is 4.81. The van der Waals surface area contributed by atoms with Crippen molar-refractivity contribution in [2.75, 3.05) is 20.8 Å². The van der Waals surface area contributed by atoms with E-state index in [0.29, 0.717) is 0 Å². The smallest absolute Gasteiger partial charge is 0.254 e. The summed E-state index contributed by atoms with van der Waals surface area (Å²) in [5, 5.41) is 0. The maximum absolute atomic E-state index is 13.1.